The highest BCUT2D eigenvalue weighted by molar-refractivity contribution is 5.94. The molecule has 27 heavy (non-hydrogen) atoms. The molecule has 0 aliphatic heterocycles. The Bertz CT molecular complexity index is 1060. The van der Waals surface area contributed by atoms with Crippen molar-refractivity contribution in [1.29, 1.82) is 0 Å². The molecule has 1 heterocycles. The molecule has 0 saturated heterocycles. The van der Waals surface area contributed by atoms with Gasteiger partial charge >= 0.3 is 0 Å². The highest BCUT2D eigenvalue weighted by Gasteiger charge is 2.14. The molecule has 0 aliphatic carbocycles. The van der Waals surface area contributed by atoms with E-state index in [0.717, 1.165) is 37.1 Å². The van der Waals surface area contributed by atoms with Gasteiger partial charge < -0.3 is 15.5 Å². The molecule has 0 saturated carbocycles. The molecule has 4 rings (SSSR count). The number of nitrogens with one attached hydrogen (secondary N) is 1. The summed E-state index contributed by atoms with van der Waals surface area (Å²) < 4.78 is 5.73. The van der Waals surface area contributed by atoms with Crippen molar-refractivity contribution in [1.82, 2.24) is 4.98 Å². The highest BCUT2D eigenvalue weighted by Crippen LogP contribution is 2.35. The molecule has 0 fully saturated rings. The third-order valence-electron chi connectivity index (χ3n) is 5.11. The van der Waals surface area contributed by atoms with E-state index >= 15 is 0 Å². The molecule has 0 aliphatic rings. The number of fused-ring (bicyclic) bond motifs is 2. The average Bonchev–Trinajstić information content (AvgIpc) is 3.06. The fourth-order valence-electron chi connectivity index (χ4n) is 3.78. The molecule has 0 amide bonds. The third kappa shape index (κ3) is 3.56. The van der Waals surface area contributed by atoms with E-state index in [1.807, 2.05) is 13.0 Å². The molecular weight excluding hydrogens is 332 g/mol. The van der Waals surface area contributed by atoms with E-state index in [1.165, 1.54) is 33.0 Å². The minimum Gasteiger partial charge on any atom is -0.494 e. The van der Waals surface area contributed by atoms with E-state index in [-0.39, 0.29) is 0 Å². The molecule has 3 heteroatoms. The summed E-state index contributed by atoms with van der Waals surface area (Å²) in [4.78, 5) is 3.65. The zero-order valence-electron chi connectivity index (χ0n) is 15.8. The summed E-state index contributed by atoms with van der Waals surface area (Å²) in [6.45, 7) is 3.43. The van der Waals surface area contributed by atoms with Gasteiger partial charge in [-0.3, -0.25) is 0 Å². The molecule has 4 aromatic rings. The van der Waals surface area contributed by atoms with Gasteiger partial charge in [0.25, 0.3) is 0 Å². The van der Waals surface area contributed by atoms with Crippen LogP contribution in [-0.2, 0) is 6.42 Å². The monoisotopic (exact) mass is 358 g/mol. The van der Waals surface area contributed by atoms with Crippen molar-refractivity contribution in [3.05, 3.63) is 66.2 Å². The zero-order valence-corrected chi connectivity index (χ0v) is 15.8. The highest BCUT2D eigenvalue weighted by atomic mass is 16.5. The largest absolute Gasteiger partial charge is 0.494 e. The SMILES string of the molecule is CCOc1ccc2[nH]c(-c3ccc4ccccc4c3)c(CCCCN)c2c1. The number of unbranched alkanes of at least 4 members (excludes halogenated alkanes) is 1. The molecule has 0 spiro atoms. The number of nitrogens with two attached hydrogens (primary N) is 1. The Morgan fingerprint density at radius 1 is 0.926 bits per heavy atom. The molecule has 3 nitrogen and oxygen atoms in total. The molecule has 1 aromatic heterocycles. The molecule has 138 valence electrons. The van der Waals surface area contributed by atoms with Crippen LogP contribution >= 0.6 is 0 Å². The van der Waals surface area contributed by atoms with Crippen molar-refractivity contribution < 1.29 is 4.74 Å². The lowest BCUT2D eigenvalue weighted by molar-refractivity contribution is 0.340. The van der Waals surface area contributed by atoms with Gasteiger partial charge in [0.05, 0.1) is 6.61 Å². The number of H-pyrrole nitrogens is 1. The molecule has 0 atom stereocenters. The van der Waals surface area contributed by atoms with E-state index in [9.17, 15) is 0 Å². The maximum atomic E-state index is 5.73. The van der Waals surface area contributed by atoms with Gasteiger partial charge in [0.1, 0.15) is 5.75 Å². The first kappa shape index (κ1) is 17.6. The Kier molecular flexibility index (Phi) is 5.12. The van der Waals surface area contributed by atoms with Crippen LogP contribution in [0.25, 0.3) is 32.9 Å². The zero-order chi connectivity index (χ0) is 18.6. The normalized spacial score (nSPS) is 11.3. The van der Waals surface area contributed by atoms with Gasteiger partial charge in [-0.2, -0.15) is 0 Å². The van der Waals surface area contributed by atoms with Gasteiger partial charge in [-0.15, -0.1) is 0 Å². The van der Waals surface area contributed by atoms with E-state index in [2.05, 4.69) is 59.6 Å². The van der Waals surface area contributed by atoms with E-state index in [0.29, 0.717) is 6.61 Å². The summed E-state index contributed by atoms with van der Waals surface area (Å²) in [5, 5.41) is 3.78. The summed E-state index contributed by atoms with van der Waals surface area (Å²) in [7, 11) is 0. The number of rotatable bonds is 7. The number of benzene rings is 3. The molecule has 3 N–H and O–H groups in total. The minimum absolute atomic E-state index is 0.677. The summed E-state index contributed by atoms with van der Waals surface area (Å²) in [5.41, 5.74) is 10.7. The van der Waals surface area contributed by atoms with Crippen molar-refractivity contribution >= 4 is 21.7 Å². The van der Waals surface area contributed by atoms with Gasteiger partial charge in [-0.1, -0.05) is 36.4 Å². The van der Waals surface area contributed by atoms with Gasteiger partial charge in [0, 0.05) is 16.6 Å². The van der Waals surface area contributed by atoms with Crippen molar-refractivity contribution in [2.24, 2.45) is 5.73 Å². The Labute approximate surface area is 160 Å². The topological polar surface area (TPSA) is 51.0 Å². The minimum atomic E-state index is 0.677. The summed E-state index contributed by atoms with van der Waals surface area (Å²) in [5.74, 6) is 0.925. The quantitative estimate of drug-likeness (QED) is 0.418. The van der Waals surface area contributed by atoms with Gasteiger partial charge in [-0.25, -0.2) is 0 Å². The van der Waals surface area contributed by atoms with Crippen LogP contribution in [0.2, 0.25) is 0 Å². The van der Waals surface area contributed by atoms with Crippen molar-refractivity contribution in [3.63, 3.8) is 0 Å². The predicted octanol–water partition coefficient (Wildman–Crippen LogP) is 5.67. The van der Waals surface area contributed by atoms with Crippen molar-refractivity contribution in [3.8, 4) is 17.0 Å². The molecule has 0 unspecified atom stereocenters. The maximum Gasteiger partial charge on any atom is 0.120 e. The van der Waals surface area contributed by atoms with Crippen molar-refractivity contribution in [2.45, 2.75) is 26.2 Å². The number of aryl methyl sites for hydroxylation is 1. The van der Waals surface area contributed by atoms with Crippen LogP contribution in [-0.4, -0.2) is 18.1 Å². The Morgan fingerprint density at radius 3 is 2.59 bits per heavy atom. The van der Waals surface area contributed by atoms with Crippen LogP contribution in [0, 0.1) is 0 Å². The lowest BCUT2D eigenvalue weighted by Gasteiger charge is -2.07. The summed E-state index contributed by atoms with van der Waals surface area (Å²) in [6.07, 6.45) is 3.13. The van der Waals surface area contributed by atoms with Crippen molar-refractivity contribution in [2.75, 3.05) is 13.2 Å². The second-order valence-electron chi connectivity index (χ2n) is 6.93. The number of ether oxygens (including phenoxy) is 1. The van der Waals surface area contributed by atoms with Crippen LogP contribution in [0.1, 0.15) is 25.3 Å². The van der Waals surface area contributed by atoms with Crippen LogP contribution in [0.5, 0.6) is 5.75 Å². The van der Waals surface area contributed by atoms with Gasteiger partial charge in [-0.05, 0) is 78.9 Å². The first-order chi connectivity index (χ1) is 13.3. The summed E-state index contributed by atoms with van der Waals surface area (Å²) in [6, 6.07) is 21.5. The maximum absolute atomic E-state index is 5.73. The number of aromatic amines is 1. The Morgan fingerprint density at radius 2 is 1.78 bits per heavy atom. The molecule has 3 aromatic carbocycles. The Hall–Kier alpha value is -2.78. The Balaban J connectivity index is 1.84. The fourth-order valence-corrected chi connectivity index (χ4v) is 3.78. The molecule has 0 bridgehead atoms. The van der Waals surface area contributed by atoms with Crippen LogP contribution < -0.4 is 10.5 Å². The third-order valence-corrected chi connectivity index (χ3v) is 5.11. The second-order valence-corrected chi connectivity index (χ2v) is 6.93. The van der Waals surface area contributed by atoms with Gasteiger partial charge in [0.2, 0.25) is 0 Å². The van der Waals surface area contributed by atoms with Crippen LogP contribution in [0.3, 0.4) is 0 Å². The van der Waals surface area contributed by atoms with E-state index < -0.39 is 0 Å². The molecule has 0 radical (unpaired) electrons. The van der Waals surface area contributed by atoms with Gasteiger partial charge in [0.15, 0.2) is 0 Å². The molecular formula is C24H26N2O. The predicted molar refractivity (Wildman–Crippen MR) is 114 cm³/mol. The number of aromatic nitrogens is 1. The van der Waals surface area contributed by atoms with Crippen LogP contribution in [0.15, 0.2) is 60.7 Å². The number of hydrogen-bond donors (Lipinski definition) is 2. The van der Waals surface area contributed by atoms with E-state index in [1.54, 1.807) is 0 Å². The standard InChI is InChI=1S/C24H26N2O/c1-2-27-20-12-13-23-22(16-20)21(9-5-6-14-25)24(26-23)19-11-10-17-7-3-4-8-18(17)15-19/h3-4,7-8,10-13,15-16,26H,2,5-6,9,14,25H2,1H3. The smallest absolute Gasteiger partial charge is 0.120 e. The summed E-state index contributed by atoms with van der Waals surface area (Å²) >= 11 is 0. The second kappa shape index (κ2) is 7.85. The average molecular weight is 358 g/mol. The lowest BCUT2D eigenvalue weighted by atomic mass is 9.98. The lowest BCUT2D eigenvalue weighted by Crippen LogP contribution is -1.99. The van der Waals surface area contributed by atoms with E-state index in [4.69, 9.17) is 10.5 Å². The first-order valence-electron chi connectivity index (χ1n) is 9.77. The van der Waals surface area contributed by atoms with Crippen LogP contribution in [0.4, 0.5) is 0 Å². The first-order valence-corrected chi connectivity index (χ1v) is 9.77. The number of hydrogen-bond acceptors (Lipinski definition) is 2. The fraction of sp³-hybridized carbons (Fsp3) is 0.250.